The number of unbranched alkanes of at least 4 members (excludes halogenated alkanes) is 2. The number of anilines is 1. The number of halogens is 6. The number of amides is 1. The summed E-state index contributed by atoms with van der Waals surface area (Å²) in [5, 5.41) is 8.66. The number of carbonyl (C=O) groups is 2. The summed E-state index contributed by atoms with van der Waals surface area (Å²) in [4.78, 5) is 24.8. The molecular formula is C22H18F6N2O4S2. The van der Waals surface area contributed by atoms with Gasteiger partial charge in [0.05, 0.1) is 16.0 Å². The summed E-state index contributed by atoms with van der Waals surface area (Å²) >= 11 is 6.19. The Bertz CT molecular complexity index is 1220. The molecule has 1 amide bonds. The zero-order chi connectivity index (χ0) is 26.8. The van der Waals surface area contributed by atoms with Crippen molar-refractivity contribution in [2.75, 3.05) is 12.3 Å². The largest absolute Gasteiger partial charge is 0.481 e. The number of carboxylic acids is 1. The number of carboxylic acid groups (broad SMARTS) is 1. The minimum atomic E-state index is -5.29. The van der Waals surface area contributed by atoms with Crippen LogP contribution in [-0.2, 0) is 21.9 Å². The van der Waals surface area contributed by atoms with Crippen LogP contribution in [0.3, 0.4) is 0 Å². The number of rotatable bonds is 8. The summed E-state index contributed by atoms with van der Waals surface area (Å²) in [6, 6.07) is 3.05. The molecule has 0 atom stereocenters. The molecule has 1 aliphatic heterocycles. The molecule has 0 saturated carbocycles. The van der Waals surface area contributed by atoms with Gasteiger partial charge < -0.3 is 15.3 Å². The van der Waals surface area contributed by atoms with Gasteiger partial charge in [-0.25, -0.2) is 0 Å². The molecule has 1 aliphatic rings. The molecule has 3 N–H and O–H groups in total. The maximum Gasteiger partial charge on any atom is 0.417 e. The van der Waals surface area contributed by atoms with E-state index in [1.165, 1.54) is 23.1 Å². The minimum Gasteiger partial charge on any atom is -0.481 e. The van der Waals surface area contributed by atoms with Crippen molar-refractivity contribution in [1.29, 1.82) is 0 Å². The Balaban J connectivity index is 1.81. The summed E-state index contributed by atoms with van der Waals surface area (Å²) in [5.74, 6) is -1.49. The van der Waals surface area contributed by atoms with Gasteiger partial charge in [-0.05, 0) is 37.1 Å². The van der Waals surface area contributed by atoms with E-state index in [1.807, 2.05) is 0 Å². The maximum absolute atomic E-state index is 13.3. The van der Waals surface area contributed by atoms with E-state index in [4.69, 9.17) is 27.5 Å². The van der Waals surface area contributed by atoms with Gasteiger partial charge in [0.25, 0.3) is 5.91 Å². The lowest BCUT2D eigenvalue weighted by molar-refractivity contribution is -0.162. The highest BCUT2D eigenvalue weighted by atomic mass is 32.2. The molecular weight excluding hydrogens is 534 g/mol. The van der Waals surface area contributed by atoms with E-state index < -0.39 is 41.0 Å². The Morgan fingerprint density at radius 3 is 2.33 bits per heavy atom. The van der Waals surface area contributed by atoms with E-state index >= 15 is 0 Å². The highest BCUT2D eigenvalue weighted by Gasteiger charge is 2.44. The van der Waals surface area contributed by atoms with Crippen molar-refractivity contribution in [2.45, 2.75) is 38.0 Å². The van der Waals surface area contributed by atoms with Crippen LogP contribution >= 0.6 is 24.0 Å². The number of alkyl halides is 6. The molecule has 6 nitrogen and oxygen atoms in total. The fraction of sp³-hybridized carbons (Fsp3) is 0.318. The number of carbonyl (C=O) groups excluding carboxylic acids is 1. The Hall–Kier alpha value is -3.00. The van der Waals surface area contributed by atoms with Crippen LogP contribution in [0.25, 0.3) is 17.4 Å². The van der Waals surface area contributed by atoms with Crippen LogP contribution < -0.4 is 5.73 Å². The summed E-state index contributed by atoms with van der Waals surface area (Å²) in [5.41, 5.74) is 0.862. The molecule has 1 fully saturated rings. The molecule has 0 bridgehead atoms. The molecule has 1 aromatic carbocycles. The quantitative estimate of drug-likeness (QED) is 0.128. The summed E-state index contributed by atoms with van der Waals surface area (Å²) < 4.78 is 85.0. The fourth-order valence-electron chi connectivity index (χ4n) is 3.42. The van der Waals surface area contributed by atoms with Gasteiger partial charge in [0.2, 0.25) is 0 Å². The van der Waals surface area contributed by atoms with Crippen LogP contribution in [0.5, 0.6) is 0 Å². The predicted molar refractivity (Wildman–Crippen MR) is 125 cm³/mol. The number of thioether (sulfide) groups is 1. The van der Waals surface area contributed by atoms with Gasteiger partial charge in [-0.2, -0.15) is 26.3 Å². The van der Waals surface area contributed by atoms with Gasteiger partial charge in [-0.3, -0.25) is 14.5 Å². The molecule has 14 heteroatoms. The molecule has 2 aromatic rings. The first-order valence-corrected chi connectivity index (χ1v) is 11.6. The highest BCUT2D eigenvalue weighted by molar-refractivity contribution is 8.26. The van der Waals surface area contributed by atoms with Crippen LogP contribution in [0, 0.1) is 0 Å². The highest BCUT2D eigenvalue weighted by Crippen LogP contribution is 2.44. The van der Waals surface area contributed by atoms with Crippen molar-refractivity contribution in [3.8, 4) is 11.3 Å². The van der Waals surface area contributed by atoms with Gasteiger partial charge >= 0.3 is 18.3 Å². The second kappa shape index (κ2) is 10.5. The van der Waals surface area contributed by atoms with Crippen LogP contribution in [0.15, 0.2) is 33.6 Å². The van der Waals surface area contributed by atoms with Gasteiger partial charge in [0.1, 0.15) is 15.8 Å². The minimum absolute atomic E-state index is 0.0209. The van der Waals surface area contributed by atoms with Crippen molar-refractivity contribution in [3.63, 3.8) is 0 Å². The van der Waals surface area contributed by atoms with Crippen molar-refractivity contribution >= 4 is 51.9 Å². The number of nitrogen functional groups attached to an aromatic ring is 1. The molecule has 36 heavy (non-hydrogen) atoms. The predicted octanol–water partition coefficient (Wildman–Crippen LogP) is 6.41. The Morgan fingerprint density at radius 1 is 1.08 bits per heavy atom. The topological polar surface area (TPSA) is 96.8 Å². The van der Waals surface area contributed by atoms with Gasteiger partial charge in [0.15, 0.2) is 0 Å². The first-order chi connectivity index (χ1) is 16.7. The van der Waals surface area contributed by atoms with E-state index in [9.17, 15) is 35.9 Å². The summed E-state index contributed by atoms with van der Waals surface area (Å²) in [6.07, 6.45) is -7.64. The smallest absolute Gasteiger partial charge is 0.417 e. The number of nitrogens with two attached hydrogens (primary N) is 1. The van der Waals surface area contributed by atoms with Crippen LogP contribution in [-0.4, -0.2) is 32.7 Å². The van der Waals surface area contributed by atoms with E-state index in [1.54, 1.807) is 0 Å². The van der Waals surface area contributed by atoms with Crippen molar-refractivity contribution < 1.29 is 45.5 Å². The van der Waals surface area contributed by atoms with Gasteiger partial charge in [0, 0.05) is 30.3 Å². The molecule has 1 saturated heterocycles. The summed E-state index contributed by atoms with van der Waals surface area (Å²) in [6.45, 7) is 0.285. The number of benzene rings is 1. The lowest BCUT2D eigenvalue weighted by Gasteiger charge is -2.17. The molecule has 0 spiro atoms. The van der Waals surface area contributed by atoms with E-state index in [0.717, 1.165) is 11.8 Å². The zero-order valence-corrected chi connectivity index (χ0v) is 19.8. The van der Waals surface area contributed by atoms with Crippen LogP contribution in [0.1, 0.15) is 42.6 Å². The van der Waals surface area contributed by atoms with Crippen LogP contribution in [0.4, 0.5) is 32.0 Å². The SMILES string of the molecule is Nc1cc(C(F)(F)F)c(C(F)(F)F)cc1-c1ccc(C=C2SC(=S)N(CCCCCC(=O)O)C2=O)o1. The Labute approximate surface area is 210 Å². The molecule has 0 aliphatic carbocycles. The molecule has 0 unspecified atom stereocenters. The Kier molecular flexibility index (Phi) is 8.08. The average molecular weight is 553 g/mol. The third-order valence-electron chi connectivity index (χ3n) is 5.11. The van der Waals surface area contributed by atoms with Gasteiger partial charge in [-0.15, -0.1) is 0 Å². The number of nitrogens with zero attached hydrogens (tertiary/aromatic N) is 1. The summed E-state index contributed by atoms with van der Waals surface area (Å²) in [7, 11) is 0. The van der Waals surface area contributed by atoms with Crippen molar-refractivity contribution in [3.05, 3.63) is 46.1 Å². The lowest BCUT2D eigenvalue weighted by Crippen LogP contribution is -2.29. The van der Waals surface area contributed by atoms with E-state index in [0.29, 0.717) is 19.3 Å². The first-order valence-electron chi connectivity index (χ1n) is 10.3. The lowest BCUT2D eigenvalue weighted by atomic mass is 9.99. The van der Waals surface area contributed by atoms with E-state index in [2.05, 4.69) is 0 Å². The number of hydrogen-bond donors (Lipinski definition) is 2. The molecule has 1 aromatic heterocycles. The second-order valence-corrected chi connectivity index (χ2v) is 9.40. The number of furan rings is 1. The first kappa shape index (κ1) is 27.6. The number of aliphatic carboxylic acids is 1. The van der Waals surface area contributed by atoms with Crippen molar-refractivity contribution in [2.24, 2.45) is 0 Å². The standard InChI is InChI=1S/C22H18F6N2O4S2/c23-21(24,25)13-9-12(15(29)10-14(13)22(26,27)28)16-6-5-11(34-16)8-17-19(33)30(20(35)36-17)7-3-1-2-4-18(31)32/h5-6,8-10H,1-4,7,29H2,(H,31,32). The number of hydrogen-bond acceptors (Lipinski definition) is 6. The number of thiocarbonyl (C=S) groups is 1. The van der Waals surface area contributed by atoms with E-state index in [-0.39, 0.29) is 51.4 Å². The molecule has 2 heterocycles. The average Bonchev–Trinajstić information content (AvgIpc) is 3.31. The molecule has 194 valence electrons. The zero-order valence-electron chi connectivity index (χ0n) is 18.2. The Morgan fingerprint density at radius 2 is 1.72 bits per heavy atom. The normalized spacial score (nSPS) is 15.8. The third kappa shape index (κ3) is 6.40. The molecule has 0 radical (unpaired) electrons. The fourth-order valence-corrected chi connectivity index (χ4v) is 4.71. The maximum atomic E-state index is 13.3. The van der Waals surface area contributed by atoms with Crippen LogP contribution in [0.2, 0.25) is 0 Å². The van der Waals surface area contributed by atoms with Crippen molar-refractivity contribution in [1.82, 2.24) is 4.90 Å². The van der Waals surface area contributed by atoms with Gasteiger partial charge in [-0.1, -0.05) is 30.4 Å². The third-order valence-corrected chi connectivity index (χ3v) is 6.49. The molecule has 3 rings (SSSR count). The second-order valence-electron chi connectivity index (χ2n) is 7.72. The monoisotopic (exact) mass is 552 g/mol.